The molecule has 0 heterocycles. The summed E-state index contributed by atoms with van der Waals surface area (Å²) in [5.74, 6) is 0.903. The lowest BCUT2D eigenvalue weighted by molar-refractivity contribution is -0.154. The molecule has 0 spiro atoms. The van der Waals surface area contributed by atoms with Crippen LogP contribution in [0, 0.1) is 23.2 Å². The highest BCUT2D eigenvalue weighted by molar-refractivity contribution is 5.79. The van der Waals surface area contributed by atoms with Gasteiger partial charge in [0, 0.05) is 12.8 Å². The molecule has 31 heavy (non-hydrogen) atoms. The fourth-order valence-corrected chi connectivity index (χ4v) is 6.24. The molecule has 1 aromatic rings. The highest BCUT2D eigenvalue weighted by atomic mass is 16.5. The largest absolute Gasteiger partial charge is 0.461 e. The van der Waals surface area contributed by atoms with Crippen LogP contribution in [0.2, 0.25) is 0 Å². The van der Waals surface area contributed by atoms with Gasteiger partial charge in [0.1, 0.15) is 12.4 Å². The molecule has 2 fully saturated rings. The summed E-state index contributed by atoms with van der Waals surface area (Å²) in [5.41, 5.74) is 1.27. The Morgan fingerprint density at radius 1 is 1.00 bits per heavy atom. The normalized spacial score (nSPS) is 24.3. The average Bonchev–Trinajstić information content (AvgIpc) is 2.80. The van der Waals surface area contributed by atoms with Gasteiger partial charge in [-0.2, -0.15) is 0 Å². The average molecular weight is 427 g/mol. The van der Waals surface area contributed by atoms with Crippen LogP contribution in [0.5, 0.6) is 0 Å². The zero-order valence-corrected chi connectivity index (χ0v) is 19.7. The van der Waals surface area contributed by atoms with Crippen molar-refractivity contribution in [2.45, 2.75) is 104 Å². The number of carbonyl (C=O) groups is 2. The second-order valence-corrected chi connectivity index (χ2v) is 10.2. The van der Waals surface area contributed by atoms with E-state index in [-0.39, 0.29) is 23.2 Å². The molecular weight excluding hydrogens is 384 g/mol. The van der Waals surface area contributed by atoms with Crippen molar-refractivity contribution in [1.82, 2.24) is 0 Å². The maximum absolute atomic E-state index is 13.2. The van der Waals surface area contributed by atoms with Gasteiger partial charge in [0.05, 0.1) is 5.92 Å². The Morgan fingerprint density at radius 3 is 2.39 bits per heavy atom. The SMILES string of the molecule is CC[C@H](C(=O)OCc1ccccc1)[C@@H]1CCCC[C@@H]1CC(=O)CC1(CC)CCCCC1. The number of ketones is 1. The van der Waals surface area contributed by atoms with Crippen molar-refractivity contribution < 1.29 is 14.3 Å². The molecule has 3 nitrogen and oxygen atoms in total. The van der Waals surface area contributed by atoms with Gasteiger partial charge in [0.15, 0.2) is 0 Å². The van der Waals surface area contributed by atoms with Crippen LogP contribution in [0.25, 0.3) is 0 Å². The van der Waals surface area contributed by atoms with Crippen LogP contribution in [0.3, 0.4) is 0 Å². The molecule has 0 N–H and O–H groups in total. The van der Waals surface area contributed by atoms with E-state index in [1.807, 2.05) is 30.3 Å². The highest BCUT2D eigenvalue weighted by Gasteiger charge is 2.38. The molecule has 0 bridgehead atoms. The molecule has 1 aromatic carbocycles. The molecule has 0 unspecified atom stereocenters. The van der Waals surface area contributed by atoms with Crippen LogP contribution in [-0.2, 0) is 20.9 Å². The third-order valence-corrected chi connectivity index (χ3v) is 8.18. The van der Waals surface area contributed by atoms with Gasteiger partial charge < -0.3 is 4.74 Å². The van der Waals surface area contributed by atoms with Crippen molar-refractivity contribution in [1.29, 1.82) is 0 Å². The summed E-state index contributed by atoms with van der Waals surface area (Å²) in [6.07, 6.45) is 14.1. The lowest BCUT2D eigenvalue weighted by Crippen LogP contribution is -2.35. The molecule has 3 rings (SSSR count). The van der Waals surface area contributed by atoms with E-state index in [4.69, 9.17) is 4.74 Å². The van der Waals surface area contributed by atoms with Crippen molar-refractivity contribution in [3.8, 4) is 0 Å². The Bertz CT molecular complexity index is 689. The van der Waals surface area contributed by atoms with Gasteiger partial charge in [-0.25, -0.2) is 0 Å². The lowest BCUT2D eigenvalue weighted by Gasteiger charge is -2.38. The molecule has 3 heteroatoms. The number of hydrogen-bond donors (Lipinski definition) is 0. The number of carbonyl (C=O) groups excluding carboxylic acids is 2. The second-order valence-electron chi connectivity index (χ2n) is 10.2. The fraction of sp³-hybridized carbons (Fsp3) is 0.714. The van der Waals surface area contributed by atoms with Crippen LogP contribution in [0.1, 0.15) is 103 Å². The summed E-state index contributed by atoms with van der Waals surface area (Å²) < 4.78 is 5.72. The number of benzene rings is 1. The van der Waals surface area contributed by atoms with Gasteiger partial charge in [-0.05, 0) is 54.9 Å². The van der Waals surface area contributed by atoms with E-state index in [1.54, 1.807) is 0 Å². The maximum atomic E-state index is 13.2. The van der Waals surface area contributed by atoms with Crippen LogP contribution in [0.4, 0.5) is 0 Å². The van der Waals surface area contributed by atoms with Gasteiger partial charge in [-0.3, -0.25) is 9.59 Å². The number of hydrogen-bond acceptors (Lipinski definition) is 3. The van der Waals surface area contributed by atoms with E-state index in [0.29, 0.717) is 24.7 Å². The number of ether oxygens (including phenoxy) is 1. The zero-order valence-electron chi connectivity index (χ0n) is 19.7. The molecule has 0 amide bonds. The van der Waals surface area contributed by atoms with Crippen LogP contribution >= 0.6 is 0 Å². The van der Waals surface area contributed by atoms with Crippen molar-refractivity contribution in [3.63, 3.8) is 0 Å². The van der Waals surface area contributed by atoms with Crippen molar-refractivity contribution in [2.75, 3.05) is 0 Å². The van der Waals surface area contributed by atoms with Gasteiger partial charge in [0.25, 0.3) is 0 Å². The van der Waals surface area contributed by atoms with E-state index in [1.165, 1.54) is 38.5 Å². The van der Waals surface area contributed by atoms with E-state index in [2.05, 4.69) is 13.8 Å². The molecule has 0 aliphatic heterocycles. The monoisotopic (exact) mass is 426 g/mol. The summed E-state index contributed by atoms with van der Waals surface area (Å²) in [5, 5.41) is 0. The van der Waals surface area contributed by atoms with Crippen LogP contribution in [0.15, 0.2) is 30.3 Å². The molecule has 172 valence electrons. The van der Waals surface area contributed by atoms with E-state index in [9.17, 15) is 9.59 Å². The quantitative estimate of drug-likeness (QED) is 0.369. The highest BCUT2D eigenvalue weighted by Crippen LogP contribution is 2.44. The summed E-state index contributed by atoms with van der Waals surface area (Å²) in [6, 6.07) is 9.90. The number of esters is 1. The Morgan fingerprint density at radius 2 is 1.71 bits per heavy atom. The minimum Gasteiger partial charge on any atom is -0.461 e. The van der Waals surface area contributed by atoms with E-state index in [0.717, 1.165) is 44.1 Å². The maximum Gasteiger partial charge on any atom is 0.309 e. The first-order valence-electron chi connectivity index (χ1n) is 12.8. The molecule has 2 saturated carbocycles. The standard InChI is InChI=1S/C28H42O3/c1-3-25(27(30)31-21-22-13-7-5-8-14-22)26-16-10-9-15-23(26)19-24(29)20-28(4-2)17-11-6-12-18-28/h5,7-8,13-14,23,25-26H,3-4,6,9-12,15-21H2,1-2H3/t23-,25+,26-/m1/s1. The Balaban J connectivity index is 1.59. The molecule has 2 aliphatic carbocycles. The lowest BCUT2D eigenvalue weighted by atomic mass is 9.66. The molecule has 2 aliphatic rings. The van der Waals surface area contributed by atoms with Crippen molar-refractivity contribution in [3.05, 3.63) is 35.9 Å². The third-order valence-electron chi connectivity index (χ3n) is 8.18. The first kappa shape index (κ1) is 24.0. The smallest absolute Gasteiger partial charge is 0.309 e. The van der Waals surface area contributed by atoms with Gasteiger partial charge in [-0.15, -0.1) is 0 Å². The summed E-state index contributed by atoms with van der Waals surface area (Å²) in [7, 11) is 0. The first-order valence-corrected chi connectivity index (χ1v) is 12.8. The fourth-order valence-electron chi connectivity index (χ4n) is 6.24. The summed E-state index contributed by atoms with van der Waals surface area (Å²) in [4.78, 5) is 26.1. The number of rotatable bonds is 10. The van der Waals surface area contributed by atoms with E-state index < -0.39 is 0 Å². The third kappa shape index (κ3) is 6.67. The van der Waals surface area contributed by atoms with Crippen LogP contribution < -0.4 is 0 Å². The first-order chi connectivity index (χ1) is 15.1. The van der Waals surface area contributed by atoms with E-state index >= 15 is 0 Å². The van der Waals surface area contributed by atoms with Gasteiger partial charge >= 0.3 is 5.97 Å². The second kappa shape index (κ2) is 11.8. The predicted octanol–water partition coefficient (Wildman–Crippen LogP) is 7.27. The number of Topliss-reactive ketones (excluding diaryl/α,β-unsaturated/α-hetero) is 1. The molecule has 0 aromatic heterocycles. The zero-order chi connectivity index (χ0) is 22.1. The minimum absolute atomic E-state index is 0.0759. The Hall–Kier alpha value is -1.64. The molecule has 3 atom stereocenters. The minimum atomic E-state index is -0.0865. The predicted molar refractivity (Wildman–Crippen MR) is 126 cm³/mol. The van der Waals surface area contributed by atoms with Crippen molar-refractivity contribution in [2.24, 2.45) is 23.2 Å². The Labute approximate surface area is 189 Å². The summed E-state index contributed by atoms with van der Waals surface area (Å²) in [6.45, 7) is 4.69. The van der Waals surface area contributed by atoms with Crippen LogP contribution in [-0.4, -0.2) is 11.8 Å². The summed E-state index contributed by atoms with van der Waals surface area (Å²) >= 11 is 0. The molecule has 0 saturated heterocycles. The van der Waals surface area contributed by atoms with Crippen molar-refractivity contribution >= 4 is 11.8 Å². The molecule has 0 radical (unpaired) electrons. The molecular formula is C28H42O3. The topological polar surface area (TPSA) is 43.4 Å². The van der Waals surface area contributed by atoms with Gasteiger partial charge in [0.2, 0.25) is 0 Å². The van der Waals surface area contributed by atoms with Gasteiger partial charge in [-0.1, -0.05) is 82.7 Å². The Kier molecular flexibility index (Phi) is 9.16.